The third-order valence-corrected chi connectivity index (χ3v) is 2.56. The van der Waals surface area contributed by atoms with Crippen LogP contribution < -0.4 is 4.74 Å². The van der Waals surface area contributed by atoms with Gasteiger partial charge in [-0.1, -0.05) is 6.92 Å². The minimum Gasteiger partial charge on any atom is -0.463 e. The number of ether oxygens (including phenoxy) is 1. The molecular weight excluding hydrogens is 278 g/mol. The largest absolute Gasteiger partial charge is 0.463 e. The summed E-state index contributed by atoms with van der Waals surface area (Å²) < 4.78 is 10.5. The van der Waals surface area contributed by atoms with Crippen LogP contribution in [0.3, 0.4) is 0 Å². The maximum atomic E-state index is 5.78. The summed E-state index contributed by atoms with van der Waals surface area (Å²) in [6.07, 6.45) is 0.856. The molecule has 96 valence electrons. The molecule has 9 heteroatoms. The third kappa shape index (κ3) is 3.54. The number of rotatable bonds is 5. The molecule has 18 heavy (non-hydrogen) atoms. The van der Waals surface area contributed by atoms with Crippen molar-refractivity contribution in [2.75, 3.05) is 6.61 Å². The molecule has 0 bridgehead atoms. The van der Waals surface area contributed by atoms with Gasteiger partial charge in [-0.05, 0) is 18.0 Å². The fourth-order valence-corrected chi connectivity index (χ4v) is 1.87. The minimum absolute atomic E-state index is 0.0647. The van der Waals surface area contributed by atoms with Crippen LogP contribution in [0.1, 0.15) is 19.2 Å². The molecule has 0 atom stereocenters. The molecule has 0 saturated heterocycles. The fourth-order valence-electron chi connectivity index (χ4n) is 1.02. The van der Waals surface area contributed by atoms with Crippen molar-refractivity contribution in [2.24, 2.45) is 0 Å². The van der Waals surface area contributed by atoms with Crippen molar-refractivity contribution in [3.8, 4) is 6.01 Å². The summed E-state index contributed by atoms with van der Waals surface area (Å²) in [6, 6.07) is 0.190. The predicted octanol–water partition coefficient (Wildman–Crippen LogP) is 2.16. The van der Waals surface area contributed by atoms with Crippen molar-refractivity contribution in [1.82, 2.24) is 25.1 Å². The van der Waals surface area contributed by atoms with Gasteiger partial charge in [0.25, 0.3) is 5.22 Å². The molecule has 0 N–H and O–H groups in total. The van der Waals surface area contributed by atoms with Gasteiger partial charge in [0, 0.05) is 18.7 Å². The quantitative estimate of drug-likeness (QED) is 0.827. The van der Waals surface area contributed by atoms with E-state index >= 15 is 0 Å². The molecule has 0 unspecified atom stereocenters. The van der Waals surface area contributed by atoms with Crippen LogP contribution in [0.4, 0.5) is 0 Å². The predicted molar refractivity (Wildman–Crippen MR) is 63.8 cm³/mol. The van der Waals surface area contributed by atoms with Crippen molar-refractivity contribution < 1.29 is 9.15 Å². The van der Waals surface area contributed by atoms with E-state index in [9.17, 15) is 0 Å². The van der Waals surface area contributed by atoms with Crippen LogP contribution in [0.2, 0.25) is 5.28 Å². The van der Waals surface area contributed by atoms with Crippen LogP contribution >= 0.6 is 23.4 Å². The first kappa shape index (κ1) is 13.0. The Kier molecular flexibility index (Phi) is 4.32. The summed E-state index contributed by atoms with van der Waals surface area (Å²) in [5, 5.41) is 8.29. The van der Waals surface area contributed by atoms with Crippen molar-refractivity contribution in [3.05, 3.63) is 11.2 Å². The van der Waals surface area contributed by atoms with Gasteiger partial charge in [0.2, 0.25) is 16.3 Å². The second kappa shape index (κ2) is 5.96. The number of hydrogen-bond acceptors (Lipinski definition) is 8. The van der Waals surface area contributed by atoms with E-state index in [1.807, 2.05) is 6.92 Å². The van der Waals surface area contributed by atoms with Crippen LogP contribution in [0.25, 0.3) is 0 Å². The molecule has 0 fully saturated rings. The summed E-state index contributed by atoms with van der Waals surface area (Å²) in [5.74, 6) is 0.472. The average Bonchev–Trinajstić information content (AvgIpc) is 2.71. The zero-order chi connectivity index (χ0) is 13.0. The first-order valence-electron chi connectivity index (χ1n) is 5.19. The van der Waals surface area contributed by atoms with Gasteiger partial charge in [-0.15, -0.1) is 10.2 Å². The molecule has 2 rings (SSSR count). The maximum Gasteiger partial charge on any atom is 0.321 e. The summed E-state index contributed by atoms with van der Waals surface area (Å²) in [7, 11) is 0. The van der Waals surface area contributed by atoms with Crippen LogP contribution in [-0.4, -0.2) is 31.8 Å². The number of nitrogens with zero attached hydrogens (tertiary/aromatic N) is 5. The molecule has 0 aliphatic carbocycles. The Hall–Kier alpha value is -1.41. The molecule has 0 saturated carbocycles. The summed E-state index contributed by atoms with van der Waals surface area (Å²) in [5.41, 5.74) is 0. The van der Waals surface area contributed by atoms with Gasteiger partial charge in [0.15, 0.2) is 0 Å². The molecule has 0 aliphatic rings. The molecule has 7 nitrogen and oxygen atoms in total. The Labute approximate surface area is 112 Å². The average molecular weight is 288 g/mol. The molecule has 0 amide bonds. The van der Waals surface area contributed by atoms with Gasteiger partial charge in [-0.25, -0.2) is 0 Å². The van der Waals surface area contributed by atoms with Crippen LogP contribution in [0.5, 0.6) is 6.01 Å². The van der Waals surface area contributed by atoms with Gasteiger partial charge in [-0.2, -0.15) is 15.0 Å². The van der Waals surface area contributed by atoms with Gasteiger partial charge in [0.05, 0.1) is 6.61 Å². The lowest BCUT2D eigenvalue weighted by Gasteiger charge is -2.03. The van der Waals surface area contributed by atoms with Gasteiger partial charge < -0.3 is 9.15 Å². The highest BCUT2D eigenvalue weighted by molar-refractivity contribution is 7.98. The smallest absolute Gasteiger partial charge is 0.321 e. The molecule has 0 aliphatic heterocycles. The zero-order valence-corrected chi connectivity index (χ0v) is 11.3. The first-order chi connectivity index (χ1) is 8.67. The number of aromatic nitrogens is 5. The van der Waals surface area contributed by atoms with E-state index in [0.717, 1.165) is 18.2 Å². The van der Waals surface area contributed by atoms with Gasteiger partial charge in [0.1, 0.15) is 0 Å². The normalized spacial score (nSPS) is 10.6. The van der Waals surface area contributed by atoms with E-state index in [0.29, 0.717) is 22.9 Å². The Morgan fingerprint density at radius 3 is 2.78 bits per heavy atom. The number of hydrogen-bond donors (Lipinski definition) is 0. The SMILES string of the molecule is CCCOc1nc(Cl)nc(Sc2nnc(C)o2)n1. The summed E-state index contributed by atoms with van der Waals surface area (Å²) in [4.78, 5) is 11.9. The molecule has 2 aromatic rings. The lowest BCUT2D eigenvalue weighted by atomic mass is 10.5. The molecular formula is C9H10ClN5O2S. The van der Waals surface area contributed by atoms with E-state index in [1.165, 1.54) is 0 Å². The second-order valence-corrected chi connectivity index (χ2v) is 4.46. The number of aryl methyl sites for hydroxylation is 1. The van der Waals surface area contributed by atoms with Crippen molar-refractivity contribution in [1.29, 1.82) is 0 Å². The molecule has 0 radical (unpaired) electrons. The van der Waals surface area contributed by atoms with Crippen molar-refractivity contribution in [3.63, 3.8) is 0 Å². The van der Waals surface area contributed by atoms with Crippen molar-refractivity contribution in [2.45, 2.75) is 30.6 Å². The topological polar surface area (TPSA) is 86.8 Å². The van der Waals surface area contributed by atoms with Crippen molar-refractivity contribution >= 4 is 23.4 Å². The van der Waals surface area contributed by atoms with E-state index in [2.05, 4.69) is 25.1 Å². The second-order valence-electron chi connectivity index (χ2n) is 3.21. The first-order valence-corrected chi connectivity index (χ1v) is 6.39. The lowest BCUT2D eigenvalue weighted by Crippen LogP contribution is -2.02. The van der Waals surface area contributed by atoms with Crippen LogP contribution in [-0.2, 0) is 0 Å². The van der Waals surface area contributed by atoms with E-state index < -0.39 is 0 Å². The lowest BCUT2D eigenvalue weighted by molar-refractivity contribution is 0.288. The Balaban J connectivity index is 2.14. The highest BCUT2D eigenvalue weighted by Gasteiger charge is 2.11. The zero-order valence-electron chi connectivity index (χ0n) is 9.75. The Morgan fingerprint density at radius 2 is 2.11 bits per heavy atom. The Bertz CT molecular complexity index is 535. The summed E-state index contributed by atoms with van der Waals surface area (Å²) >= 11 is 6.88. The molecule has 2 heterocycles. The highest BCUT2D eigenvalue weighted by atomic mass is 35.5. The standard InChI is InChI=1S/C9H10ClN5O2S/c1-3-4-16-7-11-6(10)12-8(13-7)18-9-15-14-5(2)17-9/h3-4H2,1-2H3. The third-order valence-electron chi connectivity index (χ3n) is 1.69. The Morgan fingerprint density at radius 1 is 1.28 bits per heavy atom. The maximum absolute atomic E-state index is 5.78. The minimum atomic E-state index is 0.0647. The van der Waals surface area contributed by atoms with Gasteiger partial charge in [-0.3, -0.25) is 0 Å². The molecule has 0 aromatic carbocycles. The van der Waals surface area contributed by atoms with E-state index in [-0.39, 0.29) is 11.3 Å². The number of halogens is 1. The molecule has 0 spiro atoms. The van der Waals surface area contributed by atoms with E-state index in [1.54, 1.807) is 6.92 Å². The molecule has 2 aromatic heterocycles. The van der Waals surface area contributed by atoms with E-state index in [4.69, 9.17) is 20.8 Å². The van der Waals surface area contributed by atoms with Crippen LogP contribution in [0.15, 0.2) is 14.8 Å². The highest BCUT2D eigenvalue weighted by Crippen LogP contribution is 2.24. The van der Waals surface area contributed by atoms with Gasteiger partial charge >= 0.3 is 6.01 Å². The monoisotopic (exact) mass is 287 g/mol. The fraction of sp³-hybridized carbons (Fsp3) is 0.444. The summed E-state index contributed by atoms with van der Waals surface area (Å²) in [6.45, 7) is 4.21. The van der Waals surface area contributed by atoms with Crippen LogP contribution in [0, 0.1) is 6.92 Å².